The molecule has 1 aromatic heterocycles. The highest BCUT2D eigenvalue weighted by Crippen LogP contribution is 2.44. The summed E-state index contributed by atoms with van der Waals surface area (Å²) in [5.41, 5.74) is 4.88. The molecule has 6 rings (SSSR count). The van der Waals surface area contributed by atoms with E-state index >= 15 is 0 Å². The lowest BCUT2D eigenvalue weighted by Crippen LogP contribution is -2.47. The van der Waals surface area contributed by atoms with Gasteiger partial charge in [0.1, 0.15) is 11.4 Å². The number of aromatic nitrogens is 2. The Morgan fingerprint density at radius 1 is 0.925 bits per heavy atom. The zero-order valence-electron chi connectivity index (χ0n) is 31.5. The van der Waals surface area contributed by atoms with Crippen molar-refractivity contribution in [1.82, 2.24) is 24.7 Å². The molecule has 3 aromatic carbocycles. The molecule has 0 unspecified atom stereocenters. The Bertz CT molecular complexity index is 1970. The fourth-order valence-electron chi connectivity index (χ4n) is 6.98. The number of ether oxygens (including phenoxy) is 2. The number of rotatable bonds is 13. The first-order chi connectivity index (χ1) is 25.7. The maximum atomic E-state index is 14.2. The summed E-state index contributed by atoms with van der Waals surface area (Å²) in [7, 11) is 7.36. The second-order valence-corrected chi connectivity index (χ2v) is 14.0. The number of isocyanates is 1. The minimum absolute atomic E-state index is 0.0874. The number of benzene rings is 3. The number of nitrogens with zero attached hydrogens (tertiary/aromatic N) is 7. The molecule has 2 saturated heterocycles. The number of aliphatic imine (C=N–C) groups is 1. The van der Waals surface area contributed by atoms with E-state index in [1.54, 1.807) is 19.2 Å². The lowest BCUT2D eigenvalue weighted by molar-refractivity contribution is -0.132. The Hall–Kier alpha value is -5.23. The van der Waals surface area contributed by atoms with Crippen molar-refractivity contribution in [2.24, 2.45) is 4.99 Å². The third-order valence-electron chi connectivity index (χ3n) is 10.2. The number of carbonyl (C=O) groups excluding carboxylic acids is 3. The van der Waals surface area contributed by atoms with Crippen LogP contribution in [0.25, 0.3) is 22.2 Å². The Balaban J connectivity index is 1.18. The van der Waals surface area contributed by atoms with Gasteiger partial charge in [0.05, 0.1) is 36.0 Å². The van der Waals surface area contributed by atoms with Gasteiger partial charge in [0.25, 0.3) is 5.91 Å². The normalized spacial score (nSPS) is 15.3. The molecule has 0 aliphatic carbocycles. The van der Waals surface area contributed by atoms with Gasteiger partial charge in [-0.1, -0.05) is 18.2 Å². The van der Waals surface area contributed by atoms with Crippen molar-refractivity contribution in [3.63, 3.8) is 0 Å². The van der Waals surface area contributed by atoms with Crippen molar-refractivity contribution in [2.75, 3.05) is 97.0 Å². The number of methoxy groups -OCH3 is 1. The van der Waals surface area contributed by atoms with Crippen molar-refractivity contribution >= 4 is 46.3 Å². The van der Waals surface area contributed by atoms with Crippen LogP contribution in [0.15, 0.2) is 53.5 Å². The van der Waals surface area contributed by atoms with Gasteiger partial charge in [0.15, 0.2) is 5.75 Å². The molecule has 3 heterocycles. The molecular weight excluding hydrogens is 672 g/mol. The van der Waals surface area contributed by atoms with E-state index in [1.807, 2.05) is 54.3 Å². The lowest BCUT2D eigenvalue weighted by Gasteiger charge is -2.32. The van der Waals surface area contributed by atoms with Crippen molar-refractivity contribution in [1.29, 1.82) is 0 Å². The summed E-state index contributed by atoms with van der Waals surface area (Å²) in [6.45, 7) is 9.46. The van der Waals surface area contributed by atoms with E-state index in [-0.39, 0.29) is 22.9 Å². The molecule has 0 saturated carbocycles. The van der Waals surface area contributed by atoms with Gasteiger partial charge in [-0.15, -0.1) is 0 Å². The Labute approximate surface area is 311 Å². The van der Waals surface area contributed by atoms with Crippen LogP contribution in [0.4, 0.5) is 17.3 Å². The first-order valence-corrected chi connectivity index (χ1v) is 18.4. The molecule has 4 aromatic rings. The van der Waals surface area contributed by atoms with E-state index in [1.165, 1.54) is 12.0 Å². The van der Waals surface area contributed by atoms with Crippen LogP contribution in [0.2, 0.25) is 0 Å². The van der Waals surface area contributed by atoms with E-state index in [0.717, 1.165) is 99.7 Å². The summed E-state index contributed by atoms with van der Waals surface area (Å²) >= 11 is 0. The molecule has 2 aliphatic heterocycles. The number of unbranched alkanes of at least 4 members (excludes halogenated alkanes) is 2. The fraction of sp³-hybridized carbons (Fsp3) is 0.450. The van der Waals surface area contributed by atoms with Crippen LogP contribution in [-0.4, -0.2) is 130 Å². The number of aryl methyl sites for hydroxylation is 1. The smallest absolute Gasteiger partial charge is 0.260 e. The number of hydrogen-bond acceptors (Lipinski definition) is 10. The number of anilines is 2. The quantitative estimate of drug-likeness (QED) is 0.112. The molecule has 2 fully saturated rings. The standard InChI is InChI=1S/C40H50N8O5/c1-28-13-16-33(34(26-28)53-25-8-6-7-12-35(50)47-21-17-44(2)18-22-47)46(4)39(51)31-15-14-30(38(52-5)37(31)41-27-49)29-10-9-11-32-36(29)43-40(42-32)48-23-19-45(3)20-24-48/h9-11,13-16,26H,6-8,12,17-25H2,1-5H3,(H,42,43). The molecule has 2 amide bonds. The molecule has 0 radical (unpaired) electrons. The number of likely N-dealkylation sites (N-methyl/N-ethyl adjacent to an activating group) is 2. The maximum absolute atomic E-state index is 14.2. The molecule has 0 bridgehead atoms. The van der Waals surface area contributed by atoms with E-state index in [0.29, 0.717) is 30.0 Å². The predicted molar refractivity (Wildman–Crippen MR) is 208 cm³/mol. The number of H-pyrrole nitrogens is 1. The van der Waals surface area contributed by atoms with Crippen LogP contribution in [0, 0.1) is 6.92 Å². The number of aromatic amines is 1. The molecule has 53 heavy (non-hydrogen) atoms. The third-order valence-corrected chi connectivity index (χ3v) is 10.2. The van der Waals surface area contributed by atoms with Crippen molar-refractivity contribution < 1.29 is 23.9 Å². The van der Waals surface area contributed by atoms with Crippen molar-refractivity contribution in [2.45, 2.75) is 32.6 Å². The van der Waals surface area contributed by atoms with Crippen LogP contribution in [-0.2, 0) is 9.59 Å². The highest BCUT2D eigenvalue weighted by atomic mass is 16.5. The SMILES string of the molecule is COc1c(-c2cccc3[nH]c(N4CCN(C)CC4)nc23)ccc(C(=O)N(C)c2ccc(C)cc2OCCCCCC(=O)N2CCN(C)CC2)c1N=C=O. The average Bonchev–Trinajstić information content (AvgIpc) is 3.61. The zero-order chi connectivity index (χ0) is 37.5. The third kappa shape index (κ3) is 8.54. The van der Waals surface area contributed by atoms with Gasteiger partial charge >= 0.3 is 0 Å². The Morgan fingerprint density at radius 3 is 2.38 bits per heavy atom. The lowest BCUT2D eigenvalue weighted by atomic mass is 9.98. The van der Waals surface area contributed by atoms with Crippen molar-refractivity contribution in [3.8, 4) is 22.6 Å². The molecule has 13 heteroatoms. The predicted octanol–water partition coefficient (Wildman–Crippen LogP) is 5.26. The van der Waals surface area contributed by atoms with Gasteiger partial charge in [-0.2, -0.15) is 4.99 Å². The summed E-state index contributed by atoms with van der Waals surface area (Å²) in [5, 5.41) is 0. The number of nitrogens with one attached hydrogen (secondary N) is 1. The highest BCUT2D eigenvalue weighted by molar-refractivity contribution is 6.11. The number of fused-ring (bicyclic) bond motifs is 1. The Kier molecular flexibility index (Phi) is 12.1. The summed E-state index contributed by atoms with van der Waals surface area (Å²) < 4.78 is 12.1. The van der Waals surface area contributed by atoms with Crippen LogP contribution in [0.5, 0.6) is 11.5 Å². The van der Waals surface area contributed by atoms with Crippen LogP contribution in [0.1, 0.15) is 41.6 Å². The fourth-order valence-corrected chi connectivity index (χ4v) is 6.98. The van der Waals surface area contributed by atoms with E-state index in [4.69, 9.17) is 14.5 Å². The monoisotopic (exact) mass is 722 g/mol. The van der Waals surface area contributed by atoms with E-state index in [9.17, 15) is 14.4 Å². The molecule has 0 spiro atoms. The molecule has 0 atom stereocenters. The van der Waals surface area contributed by atoms with Gasteiger partial charge < -0.3 is 39.0 Å². The van der Waals surface area contributed by atoms with Crippen LogP contribution in [0.3, 0.4) is 0 Å². The minimum Gasteiger partial charge on any atom is -0.494 e. The summed E-state index contributed by atoms with van der Waals surface area (Å²) in [4.78, 5) is 61.3. The van der Waals surface area contributed by atoms with Crippen molar-refractivity contribution in [3.05, 3.63) is 59.7 Å². The van der Waals surface area contributed by atoms with Gasteiger partial charge in [-0.25, -0.2) is 9.78 Å². The molecular formula is C40H50N8O5. The first-order valence-electron chi connectivity index (χ1n) is 18.4. The summed E-state index contributed by atoms with van der Waals surface area (Å²) in [6, 6.07) is 15.0. The number of para-hydroxylation sites is 1. The largest absolute Gasteiger partial charge is 0.494 e. The topological polar surface area (TPSA) is 127 Å². The summed E-state index contributed by atoms with van der Waals surface area (Å²) in [6.07, 6.45) is 4.61. The maximum Gasteiger partial charge on any atom is 0.260 e. The number of piperazine rings is 2. The number of imidazole rings is 1. The van der Waals surface area contributed by atoms with Crippen LogP contribution >= 0.6 is 0 Å². The molecule has 280 valence electrons. The molecule has 13 nitrogen and oxygen atoms in total. The first kappa shape index (κ1) is 37.5. The summed E-state index contributed by atoms with van der Waals surface area (Å²) in [5.74, 6) is 1.47. The average molecular weight is 723 g/mol. The second kappa shape index (κ2) is 17.1. The van der Waals surface area contributed by atoms with Gasteiger partial charge in [0, 0.05) is 77.0 Å². The van der Waals surface area contributed by atoms with Gasteiger partial charge in [-0.3, -0.25) is 9.59 Å². The number of hydrogen-bond donors (Lipinski definition) is 1. The molecule has 2 aliphatic rings. The second-order valence-electron chi connectivity index (χ2n) is 14.0. The van der Waals surface area contributed by atoms with Crippen LogP contribution < -0.4 is 19.3 Å². The van der Waals surface area contributed by atoms with Gasteiger partial charge in [-0.05, 0) is 76.2 Å². The highest BCUT2D eigenvalue weighted by Gasteiger charge is 2.26. The van der Waals surface area contributed by atoms with E-state index < -0.39 is 5.91 Å². The molecule has 1 N–H and O–H groups in total. The minimum atomic E-state index is -0.393. The number of amides is 2. The number of carbonyl (C=O) groups is 2. The van der Waals surface area contributed by atoms with E-state index in [2.05, 4.69) is 38.8 Å². The Morgan fingerprint density at radius 2 is 1.66 bits per heavy atom. The van der Waals surface area contributed by atoms with Gasteiger partial charge in [0.2, 0.25) is 17.9 Å². The zero-order valence-corrected chi connectivity index (χ0v) is 31.5.